The van der Waals surface area contributed by atoms with Gasteiger partial charge in [-0.3, -0.25) is 9.59 Å². The number of hydrogen-bond acceptors (Lipinski definition) is 3. The van der Waals surface area contributed by atoms with Gasteiger partial charge in [-0.15, -0.1) is 0 Å². The fraction of sp³-hybridized carbons (Fsp3) is 0.333. The number of rotatable bonds is 3. The van der Waals surface area contributed by atoms with E-state index < -0.39 is 6.61 Å². The number of aliphatic hydroxyl groups excluding tert-OH is 1. The van der Waals surface area contributed by atoms with Crippen LogP contribution in [0.2, 0.25) is 0 Å². The first-order valence-corrected chi connectivity index (χ1v) is 5.27. The molecule has 1 saturated heterocycles. The summed E-state index contributed by atoms with van der Waals surface area (Å²) in [5.74, 6) is -0.180. The molecule has 1 heterocycles. The summed E-state index contributed by atoms with van der Waals surface area (Å²) in [6.45, 7) is 0.258. The van der Waals surface area contributed by atoms with Crippen molar-refractivity contribution in [2.45, 2.75) is 12.8 Å². The predicted octanol–water partition coefficient (Wildman–Crippen LogP) is 0.988. The molecular weight excluding hydrogens is 206 g/mol. The van der Waals surface area contributed by atoms with E-state index in [1.54, 1.807) is 29.2 Å². The summed E-state index contributed by atoms with van der Waals surface area (Å²) in [6, 6.07) is 6.76. The van der Waals surface area contributed by atoms with Crippen molar-refractivity contribution in [2.24, 2.45) is 0 Å². The Morgan fingerprint density at radius 2 is 2.00 bits per heavy atom. The lowest BCUT2D eigenvalue weighted by atomic mass is 10.1. The van der Waals surface area contributed by atoms with E-state index in [4.69, 9.17) is 5.11 Å². The van der Waals surface area contributed by atoms with Crippen LogP contribution in [0.25, 0.3) is 0 Å². The van der Waals surface area contributed by atoms with Gasteiger partial charge in [-0.05, 0) is 30.7 Å². The van der Waals surface area contributed by atoms with Crippen molar-refractivity contribution in [3.63, 3.8) is 0 Å². The third kappa shape index (κ3) is 1.97. The summed E-state index contributed by atoms with van der Waals surface area (Å²) >= 11 is 0. The zero-order valence-corrected chi connectivity index (χ0v) is 8.85. The van der Waals surface area contributed by atoms with Gasteiger partial charge in [0, 0.05) is 24.2 Å². The van der Waals surface area contributed by atoms with E-state index in [-0.39, 0.29) is 11.7 Å². The molecule has 0 spiro atoms. The van der Waals surface area contributed by atoms with Crippen molar-refractivity contribution in [1.82, 2.24) is 0 Å². The van der Waals surface area contributed by atoms with Gasteiger partial charge in [0.05, 0.1) is 0 Å². The van der Waals surface area contributed by atoms with Crippen molar-refractivity contribution in [2.75, 3.05) is 18.1 Å². The monoisotopic (exact) mass is 219 g/mol. The minimum atomic E-state index is -0.484. The van der Waals surface area contributed by atoms with E-state index in [9.17, 15) is 9.59 Å². The number of hydrogen-bond donors (Lipinski definition) is 1. The van der Waals surface area contributed by atoms with Crippen LogP contribution in [0.5, 0.6) is 0 Å². The fourth-order valence-corrected chi connectivity index (χ4v) is 1.84. The maximum absolute atomic E-state index is 11.5. The number of Topliss-reactive ketones (excluding diaryl/α,β-unsaturated/α-hetero) is 1. The lowest BCUT2D eigenvalue weighted by Crippen LogP contribution is -2.23. The Kier molecular flexibility index (Phi) is 3.01. The molecule has 2 rings (SSSR count). The molecule has 1 fully saturated rings. The van der Waals surface area contributed by atoms with Crippen LogP contribution >= 0.6 is 0 Å². The quantitative estimate of drug-likeness (QED) is 0.771. The number of ketones is 1. The Balaban J connectivity index is 2.19. The standard InChI is InChI=1S/C12H13NO3/c14-8-11(15)9-3-5-10(6-4-9)13-7-1-2-12(13)16/h3-6,14H,1-2,7-8H2. The van der Waals surface area contributed by atoms with Gasteiger partial charge in [0.2, 0.25) is 5.91 Å². The van der Waals surface area contributed by atoms with Crippen molar-refractivity contribution in [1.29, 1.82) is 0 Å². The Morgan fingerprint density at radius 1 is 1.31 bits per heavy atom. The summed E-state index contributed by atoms with van der Waals surface area (Å²) in [5, 5.41) is 8.70. The molecule has 0 bridgehead atoms. The van der Waals surface area contributed by atoms with Crippen LogP contribution in [-0.4, -0.2) is 29.9 Å². The number of nitrogens with zero attached hydrogens (tertiary/aromatic N) is 1. The Morgan fingerprint density at radius 3 is 2.50 bits per heavy atom. The van der Waals surface area contributed by atoms with Crippen LogP contribution in [0.4, 0.5) is 5.69 Å². The highest BCUT2D eigenvalue weighted by atomic mass is 16.3. The molecule has 16 heavy (non-hydrogen) atoms. The molecule has 1 aromatic carbocycles. The molecule has 0 unspecified atom stereocenters. The summed E-state index contributed by atoms with van der Waals surface area (Å²) in [4.78, 5) is 24.4. The number of carbonyl (C=O) groups is 2. The second-order valence-electron chi connectivity index (χ2n) is 3.78. The summed E-state index contributed by atoms with van der Waals surface area (Å²) < 4.78 is 0. The second kappa shape index (κ2) is 4.45. The minimum absolute atomic E-state index is 0.126. The summed E-state index contributed by atoms with van der Waals surface area (Å²) in [6.07, 6.45) is 1.48. The average Bonchev–Trinajstić information content (AvgIpc) is 2.75. The van der Waals surface area contributed by atoms with E-state index in [0.29, 0.717) is 12.0 Å². The molecule has 1 aromatic rings. The molecule has 84 valence electrons. The number of aliphatic hydroxyl groups is 1. The van der Waals surface area contributed by atoms with Crippen LogP contribution in [-0.2, 0) is 4.79 Å². The van der Waals surface area contributed by atoms with E-state index in [1.807, 2.05) is 0 Å². The van der Waals surface area contributed by atoms with Gasteiger partial charge >= 0.3 is 0 Å². The molecule has 1 amide bonds. The van der Waals surface area contributed by atoms with Crippen molar-refractivity contribution in [3.05, 3.63) is 29.8 Å². The topological polar surface area (TPSA) is 57.6 Å². The van der Waals surface area contributed by atoms with Crippen molar-refractivity contribution in [3.8, 4) is 0 Å². The molecule has 1 aliphatic rings. The number of carbonyl (C=O) groups excluding carboxylic acids is 2. The van der Waals surface area contributed by atoms with Gasteiger partial charge in [-0.1, -0.05) is 0 Å². The number of benzene rings is 1. The van der Waals surface area contributed by atoms with Crippen LogP contribution in [0, 0.1) is 0 Å². The van der Waals surface area contributed by atoms with Gasteiger partial charge in [-0.25, -0.2) is 0 Å². The van der Waals surface area contributed by atoms with E-state index in [1.165, 1.54) is 0 Å². The molecule has 1 aliphatic heterocycles. The van der Waals surface area contributed by atoms with Crippen molar-refractivity contribution >= 4 is 17.4 Å². The molecule has 4 heteroatoms. The van der Waals surface area contributed by atoms with Crippen LogP contribution in [0.15, 0.2) is 24.3 Å². The predicted molar refractivity (Wildman–Crippen MR) is 59.4 cm³/mol. The largest absolute Gasteiger partial charge is 0.388 e. The Labute approximate surface area is 93.5 Å². The first-order chi connectivity index (χ1) is 7.72. The van der Waals surface area contributed by atoms with Crippen LogP contribution in [0.1, 0.15) is 23.2 Å². The Bertz CT molecular complexity index is 411. The highest BCUT2D eigenvalue weighted by Crippen LogP contribution is 2.21. The van der Waals surface area contributed by atoms with Crippen molar-refractivity contribution < 1.29 is 14.7 Å². The number of amides is 1. The maximum atomic E-state index is 11.5. The third-order valence-corrected chi connectivity index (χ3v) is 2.72. The van der Waals surface area contributed by atoms with Gasteiger partial charge in [0.1, 0.15) is 6.61 Å². The average molecular weight is 219 g/mol. The number of anilines is 1. The summed E-state index contributed by atoms with van der Waals surface area (Å²) in [7, 11) is 0. The molecule has 4 nitrogen and oxygen atoms in total. The fourth-order valence-electron chi connectivity index (χ4n) is 1.84. The zero-order valence-electron chi connectivity index (χ0n) is 8.85. The highest BCUT2D eigenvalue weighted by Gasteiger charge is 2.21. The molecule has 0 aromatic heterocycles. The first kappa shape index (κ1) is 10.8. The summed E-state index contributed by atoms with van der Waals surface area (Å²) in [5.41, 5.74) is 1.29. The maximum Gasteiger partial charge on any atom is 0.227 e. The minimum Gasteiger partial charge on any atom is -0.388 e. The SMILES string of the molecule is O=C(CO)c1ccc(N2CCCC2=O)cc1. The van der Waals surface area contributed by atoms with Gasteiger partial charge in [0.25, 0.3) is 0 Å². The first-order valence-electron chi connectivity index (χ1n) is 5.27. The van der Waals surface area contributed by atoms with Crippen LogP contribution in [0.3, 0.4) is 0 Å². The molecule has 1 N–H and O–H groups in total. The smallest absolute Gasteiger partial charge is 0.227 e. The molecular formula is C12H13NO3. The third-order valence-electron chi connectivity index (χ3n) is 2.72. The molecule has 0 saturated carbocycles. The van der Waals surface area contributed by atoms with Crippen LogP contribution < -0.4 is 4.90 Å². The van der Waals surface area contributed by atoms with E-state index in [0.717, 1.165) is 18.7 Å². The second-order valence-corrected chi connectivity index (χ2v) is 3.78. The van der Waals surface area contributed by atoms with Gasteiger partial charge < -0.3 is 10.0 Å². The van der Waals surface area contributed by atoms with E-state index in [2.05, 4.69) is 0 Å². The van der Waals surface area contributed by atoms with Gasteiger partial charge in [0.15, 0.2) is 5.78 Å². The lowest BCUT2D eigenvalue weighted by molar-refractivity contribution is -0.117. The lowest BCUT2D eigenvalue weighted by Gasteiger charge is -2.15. The highest BCUT2D eigenvalue weighted by molar-refractivity contribution is 5.98. The normalized spacial score (nSPS) is 15.6. The zero-order chi connectivity index (χ0) is 11.5. The molecule has 0 radical (unpaired) electrons. The Hall–Kier alpha value is -1.68. The molecule has 0 atom stereocenters. The van der Waals surface area contributed by atoms with E-state index >= 15 is 0 Å². The van der Waals surface area contributed by atoms with Gasteiger partial charge in [-0.2, -0.15) is 0 Å². The molecule has 0 aliphatic carbocycles.